The summed E-state index contributed by atoms with van der Waals surface area (Å²) in [5.74, 6) is 0.999. The average Bonchev–Trinajstić information content (AvgIpc) is 3.38. The smallest absolute Gasteiger partial charge is 0.332 e. The van der Waals surface area contributed by atoms with Crippen LogP contribution < -0.4 is 11.2 Å². The molecule has 0 saturated carbocycles. The molecular formula is C31H42N6O2. The van der Waals surface area contributed by atoms with E-state index in [1.165, 1.54) is 22.7 Å². The fourth-order valence-electron chi connectivity index (χ4n) is 5.25. The molecule has 1 N–H and O–H groups in total. The third-order valence-electron chi connectivity index (χ3n) is 7.39. The second-order valence-electron chi connectivity index (χ2n) is 10.6. The van der Waals surface area contributed by atoms with E-state index in [0.717, 1.165) is 38.5 Å². The molecule has 8 heteroatoms. The monoisotopic (exact) mass is 530 g/mol. The molecule has 0 saturated heterocycles. The molecule has 208 valence electrons. The van der Waals surface area contributed by atoms with Gasteiger partial charge in [0.25, 0.3) is 5.56 Å². The van der Waals surface area contributed by atoms with Crippen molar-refractivity contribution in [2.75, 3.05) is 32.7 Å². The first kappa shape index (κ1) is 28.5. The van der Waals surface area contributed by atoms with Crippen LogP contribution in [0.4, 0.5) is 0 Å². The van der Waals surface area contributed by atoms with Crippen LogP contribution in [-0.2, 0) is 20.0 Å². The fourth-order valence-corrected chi connectivity index (χ4v) is 5.25. The van der Waals surface area contributed by atoms with E-state index in [-0.39, 0.29) is 23.2 Å². The number of H-pyrrole nitrogens is 1. The molecule has 0 amide bonds. The van der Waals surface area contributed by atoms with Crippen molar-refractivity contribution in [3.8, 4) is 0 Å². The molecule has 4 aromatic rings. The lowest BCUT2D eigenvalue weighted by Crippen LogP contribution is -2.38. The zero-order valence-corrected chi connectivity index (χ0v) is 23.9. The lowest BCUT2D eigenvalue weighted by atomic mass is 9.97. The van der Waals surface area contributed by atoms with Crippen LogP contribution in [0.15, 0.2) is 70.3 Å². The summed E-state index contributed by atoms with van der Waals surface area (Å²) < 4.78 is 2.78. The largest absolute Gasteiger partial charge is 0.336 e. The predicted octanol–water partition coefficient (Wildman–Crippen LogP) is 4.06. The molecule has 0 spiro atoms. The van der Waals surface area contributed by atoms with Crippen LogP contribution in [0.3, 0.4) is 0 Å². The minimum Gasteiger partial charge on any atom is -0.336 e. The van der Waals surface area contributed by atoms with Crippen LogP contribution in [0.2, 0.25) is 0 Å². The third-order valence-corrected chi connectivity index (χ3v) is 7.39. The van der Waals surface area contributed by atoms with E-state index in [1.807, 2.05) is 0 Å². The van der Waals surface area contributed by atoms with Gasteiger partial charge in [0.2, 0.25) is 0 Å². The molecule has 0 aliphatic heterocycles. The molecule has 39 heavy (non-hydrogen) atoms. The summed E-state index contributed by atoms with van der Waals surface area (Å²) in [5.41, 5.74) is 2.81. The van der Waals surface area contributed by atoms with E-state index in [9.17, 15) is 9.59 Å². The van der Waals surface area contributed by atoms with Gasteiger partial charge in [0.1, 0.15) is 11.3 Å². The SMILES string of the molecule is CCN(CCc1nc2c([nH]1)c(=O)n(C)c(=O)n2CC(C)C)CCN(CC)C(c1ccccc1)c1ccccc1. The summed E-state index contributed by atoms with van der Waals surface area (Å²) in [7, 11) is 1.53. The number of hydrogen-bond acceptors (Lipinski definition) is 5. The Balaban J connectivity index is 1.49. The Morgan fingerprint density at radius 1 is 0.872 bits per heavy atom. The Labute approximate surface area is 230 Å². The molecule has 0 aliphatic rings. The molecule has 8 nitrogen and oxygen atoms in total. The predicted molar refractivity (Wildman–Crippen MR) is 158 cm³/mol. The van der Waals surface area contributed by atoms with Crippen molar-refractivity contribution in [3.63, 3.8) is 0 Å². The number of rotatable bonds is 13. The fraction of sp³-hybridized carbons (Fsp3) is 0.452. The van der Waals surface area contributed by atoms with Crippen LogP contribution in [0.1, 0.15) is 50.7 Å². The third kappa shape index (κ3) is 6.57. The Kier molecular flexibility index (Phi) is 9.54. The zero-order chi connectivity index (χ0) is 27.9. The Hall–Kier alpha value is -3.49. The molecular weight excluding hydrogens is 488 g/mol. The molecule has 2 aromatic carbocycles. The number of hydrogen-bond donors (Lipinski definition) is 1. The number of aromatic amines is 1. The number of imidazole rings is 1. The lowest BCUT2D eigenvalue weighted by Gasteiger charge is -2.33. The first-order valence-electron chi connectivity index (χ1n) is 14.1. The maximum Gasteiger partial charge on any atom is 0.332 e. The van der Waals surface area contributed by atoms with E-state index in [2.05, 4.69) is 103 Å². The lowest BCUT2D eigenvalue weighted by molar-refractivity contribution is 0.188. The highest BCUT2D eigenvalue weighted by atomic mass is 16.2. The summed E-state index contributed by atoms with van der Waals surface area (Å²) in [4.78, 5) is 38.4. The van der Waals surface area contributed by atoms with Crippen molar-refractivity contribution in [3.05, 3.63) is 98.5 Å². The van der Waals surface area contributed by atoms with Crippen molar-refractivity contribution in [1.29, 1.82) is 0 Å². The second-order valence-corrected chi connectivity index (χ2v) is 10.6. The number of fused-ring (bicyclic) bond motifs is 1. The normalized spacial score (nSPS) is 12.0. The molecule has 2 aromatic heterocycles. The van der Waals surface area contributed by atoms with E-state index in [0.29, 0.717) is 24.1 Å². The Morgan fingerprint density at radius 2 is 1.49 bits per heavy atom. The van der Waals surface area contributed by atoms with Gasteiger partial charge in [-0.1, -0.05) is 88.4 Å². The van der Waals surface area contributed by atoms with E-state index >= 15 is 0 Å². The summed E-state index contributed by atoms with van der Waals surface area (Å²) >= 11 is 0. The topological polar surface area (TPSA) is 79.2 Å². The van der Waals surface area contributed by atoms with Gasteiger partial charge < -0.3 is 9.88 Å². The number of aromatic nitrogens is 4. The Morgan fingerprint density at radius 3 is 2.03 bits per heavy atom. The van der Waals surface area contributed by atoms with Gasteiger partial charge in [-0.3, -0.25) is 18.8 Å². The highest BCUT2D eigenvalue weighted by Crippen LogP contribution is 2.28. The van der Waals surface area contributed by atoms with Crippen LogP contribution in [0.5, 0.6) is 0 Å². The van der Waals surface area contributed by atoms with Crippen molar-refractivity contribution in [2.24, 2.45) is 13.0 Å². The number of nitrogens with one attached hydrogen (secondary N) is 1. The molecule has 0 radical (unpaired) electrons. The maximum atomic E-state index is 12.8. The van der Waals surface area contributed by atoms with Crippen LogP contribution in [-0.4, -0.2) is 61.6 Å². The molecule has 2 heterocycles. The molecule has 0 bridgehead atoms. The molecule has 0 fully saturated rings. The van der Waals surface area contributed by atoms with Crippen LogP contribution in [0.25, 0.3) is 11.2 Å². The van der Waals surface area contributed by atoms with E-state index in [1.54, 1.807) is 4.57 Å². The van der Waals surface area contributed by atoms with Gasteiger partial charge in [-0.2, -0.15) is 0 Å². The number of nitrogens with zero attached hydrogens (tertiary/aromatic N) is 5. The summed E-state index contributed by atoms with van der Waals surface area (Å²) in [6, 6.07) is 21.6. The first-order chi connectivity index (χ1) is 18.8. The number of likely N-dealkylation sites (N-methyl/N-ethyl adjacent to an activating group) is 2. The van der Waals surface area contributed by atoms with Crippen molar-refractivity contribution < 1.29 is 0 Å². The zero-order valence-electron chi connectivity index (χ0n) is 23.9. The molecule has 0 aliphatic carbocycles. The van der Waals surface area contributed by atoms with Gasteiger partial charge >= 0.3 is 5.69 Å². The standard InChI is InChI=1S/C31H42N6O2/c1-6-35(19-18-26-32-27-29(33-26)37(22-23(3)4)31(39)34(5)30(27)38)20-21-36(7-2)28(24-14-10-8-11-15-24)25-16-12-9-13-17-25/h8-17,23,28H,6-7,18-22H2,1-5H3,(H,32,33). The van der Waals surface area contributed by atoms with Crippen LogP contribution in [0, 0.1) is 5.92 Å². The summed E-state index contributed by atoms with van der Waals surface area (Å²) in [5, 5.41) is 0. The van der Waals surface area contributed by atoms with Gasteiger partial charge in [-0.15, -0.1) is 0 Å². The van der Waals surface area contributed by atoms with Gasteiger partial charge in [-0.25, -0.2) is 9.78 Å². The number of benzene rings is 2. The maximum absolute atomic E-state index is 12.8. The van der Waals surface area contributed by atoms with Crippen molar-refractivity contribution >= 4 is 11.2 Å². The van der Waals surface area contributed by atoms with Gasteiger partial charge in [0.05, 0.1) is 6.04 Å². The minimum absolute atomic E-state index is 0.195. The van der Waals surface area contributed by atoms with Gasteiger partial charge in [0, 0.05) is 39.6 Å². The molecule has 4 rings (SSSR count). The van der Waals surface area contributed by atoms with Crippen molar-refractivity contribution in [2.45, 2.75) is 46.7 Å². The van der Waals surface area contributed by atoms with E-state index < -0.39 is 0 Å². The quantitative estimate of drug-likeness (QED) is 0.282. The van der Waals surface area contributed by atoms with Gasteiger partial charge in [0.15, 0.2) is 5.65 Å². The van der Waals surface area contributed by atoms with Crippen molar-refractivity contribution in [1.82, 2.24) is 28.9 Å². The van der Waals surface area contributed by atoms with Gasteiger partial charge in [-0.05, 0) is 30.1 Å². The Bertz CT molecular complexity index is 1420. The molecule has 0 atom stereocenters. The summed E-state index contributed by atoms with van der Waals surface area (Å²) in [6.07, 6.45) is 0.675. The second kappa shape index (κ2) is 13.0. The average molecular weight is 531 g/mol. The van der Waals surface area contributed by atoms with Crippen LogP contribution >= 0.6 is 0 Å². The molecule has 0 unspecified atom stereocenters. The van der Waals surface area contributed by atoms with E-state index in [4.69, 9.17) is 4.98 Å². The first-order valence-corrected chi connectivity index (χ1v) is 14.1. The minimum atomic E-state index is -0.326. The highest BCUT2D eigenvalue weighted by Gasteiger charge is 2.22. The summed E-state index contributed by atoms with van der Waals surface area (Å²) in [6.45, 7) is 13.5. The highest BCUT2D eigenvalue weighted by molar-refractivity contribution is 5.69.